The summed E-state index contributed by atoms with van der Waals surface area (Å²) in [6, 6.07) is 12.7. The summed E-state index contributed by atoms with van der Waals surface area (Å²) in [6.07, 6.45) is 4.87. The Kier molecular flexibility index (Phi) is 5.81. The zero-order valence-electron chi connectivity index (χ0n) is 14.9. The van der Waals surface area contributed by atoms with E-state index in [1.807, 2.05) is 19.3 Å². The van der Waals surface area contributed by atoms with E-state index in [-0.39, 0.29) is 25.1 Å². The van der Waals surface area contributed by atoms with E-state index in [1.165, 1.54) is 22.0 Å². The summed E-state index contributed by atoms with van der Waals surface area (Å²) in [6.45, 7) is 2.85. The maximum absolute atomic E-state index is 9.80. The Morgan fingerprint density at radius 3 is 2.92 bits per heavy atom. The maximum atomic E-state index is 9.80. The quantitative estimate of drug-likeness (QED) is 0.741. The highest BCUT2D eigenvalue weighted by Gasteiger charge is 2.23. The molecule has 3 heterocycles. The summed E-state index contributed by atoms with van der Waals surface area (Å²) < 4.78 is 0. The van der Waals surface area contributed by atoms with E-state index in [4.69, 9.17) is 0 Å². The van der Waals surface area contributed by atoms with Gasteiger partial charge in [0.2, 0.25) is 0 Å². The summed E-state index contributed by atoms with van der Waals surface area (Å²) in [5.41, 5.74) is 3.71. The van der Waals surface area contributed by atoms with Crippen molar-refractivity contribution >= 4 is 29.1 Å². The van der Waals surface area contributed by atoms with Crippen molar-refractivity contribution in [2.24, 2.45) is 0 Å². The number of H-pyrrole nitrogens is 1. The average Bonchev–Trinajstić information content (AvgIpc) is 3.04. The third-order valence-electron chi connectivity index (χ3n) is 5.20. The Morgan fingerprint density at radius 1 is 1.23 bits per heavy atom. The van der Waals surface area contributed by atoms with Crippen molar-refractivity contribution in [1.29, 1.82) is 0 Å². The van der Waals surface area contributed by atoms with Crippen LogP contribution in [-0.2, 0) is 13.1 Å². The standard InChI is InChI=1S/C20H24N4O.ClH/c1-23-17(14-25)8-10-24(12-15-5-4-9-21-20(15)23)13-16-11-22-19-7-3-2-6-18(16)19;/h2-7,9,11,17,22,25H,8,10,12-14H2,1H3;1H/t17-;/m0./s1. The number of hydrogen-bond acceptors (Lipinski definition) is 4. The van der Waals surface area contributed by atoms with Crippen molar-refractivity contribution < 1.29 is 5.11 Å². The normalized spacial score (nSPS) is 18.1. The fraction of sp³-hybridized carbons (Fsp3) is 0.350. The van der Waals surface area contributed by atoms with Crippen molar-refractivity contribution in [2.45, 2.75) is 25.6 Å². The zero-order chi connectivity index (χ0) is 17.2. The zero-order valence-corrected chi connectivity index (χ0v) is 15.7. The van der Waals surface area contributed by atoms with E-state index >= 15 is 0 Å². The highest BCUT2D eigenvalue weighted by atomic mass is 35.5. The van der Waals surface area contributed by atoms with Crippen LogP contribution in [0.2, 0.25) is 0 Å². The second-order valence-electron chi connectivity index (χ2n) is 6.79. The molecule has 0 saturated heterocycles. The van der Waals surface area contributed by atoms with Crippen LogP contribution in [0.15, 0.2) is 48.8 Å². The van der Waals surface area contributed by atoms with Gasteiger partial charge in [-0.15, -0.1) is 12.4 Å². The van der Waals surface area contributed by atoms with Gasteiger partial charge in [-0.05, 0) is 24.1 Å². The van der Waals surface area contributed by atoms with Crippen LogP contribution in [0.3, 0.4) is 0 Å². The lowest BCUT2D eigenvalue weighted by molar-refractivity contribution is 0.206. The first-order valence-electron chi connectivity index (χ1n) is 8.81. The molecule has 0 amide bonds. The van der Waals surface area contributed by atoms with E-state index in [2.05, 4.69) is 56.3 Å². The van der Waals surface area contributed by atoms with Gasteiger partial charge in [-0.25, -0.2) is 4.98 Å². The number of aromatic nitrogens is 2. The highest BCUT2D eigenvalue weighted by molar-refractivity contribution is 5.85. The van der Waals surface area contributed by atoms with Crippen LogP contribution in [-0.4, -0.2) is 46.2 Å². The number of fused-ring (bicyclic) bond motifs is 2. The van der Waals surface area contributed by atoms with Crippen LogP contribution in [0.1, 0.15) is 17.5 Å². The molecule has 1 aliphatic heterocycles. The monoisotopic (exact) mass is 372 g/mol. The number of anilines is 1. The number of pyridine rings is 1. The molecule has 0 radical (unpaired) electrons. The molecule has 0 spiro atoms. The number of aliphatic hydroxyl groups is 1. The number of aromatic amines is 1. The summed E-state index contributed by atoms with van der Waals surface area (Å²) in [5.74, 6) is 0.977. The lowest BCUT2D eigenvalue weighted by atomic mass is 10.1. The third kappa shape index (κ3) is 3.56. The maximum Gasteiger partial charge on any atom is 0.133 e. The molecule has 138 valence electrons. The van der Waals surface area contributed by atoms with Gasteiger partial charge in [-0.2, -0.15) is 0 Å². The van der Waals surface area contributed by atoms with Crippen LogP contribution in [0, 0.1) is 0 Å². The topological polar surface area (TPSA) is 55.4 Å². The minimum Gasteiger partial charge on any atom is -0.394 e. The van der Waals surface area contributed by atoms with Gasteiger partial charge in [-0.3, -0.25) is 4.90 Å². The summed E-state index contributed by atoms with van der Waals surface area (Å²) >= 11 is 0. The third-order valence-corrected chi connectivity index (χ3v) is 5.20. The number of rotatable bonds is 3. The Morgan fingerprint density at radius 2 is 2.08 bits per heavy atom. The minimum absolute atomic E-state index is 0. The van der Waals surface area contributed by atoms with Crippen molar-refractivity contribution in [3.8, 4) is 0 Å². The van der Waals surface area contributed by atoms with Gasteiger partial charge in [-0.1, -0.05) is 24.3 Å². The summed E-state index contributed by atoms with van der Waals surface area (Å²) in [5, 5.41) is 11.1. The van der Waals surface area contributed by atoms with Crippen LogP contribution < -0.4 is 4.90 Å². The van der Waals surface area contributed by atoms with E-state index < -0.39 is 0 Å². The SMILES string of the molecule is CN1c2ncccc2CN(Cc2c[nH]c3ccccc23)CC[C@H]1CO.Cl. The Labute approximate surface area is 160 Å². The predicted molar refractivity (Wildman–Crippen MR) is 108 cm³/mol. The van der Waals surface area contributed by atoms with Crippen molar-refractivity contribution in [1.82, 2.24) is 14.9 Å². The molecule has 0 aliphatic carbocycles. The minimum atomic E-state index is 0. The Hall–Kier alpha value is -2.08. The second kappa shape index (κ2) is 8.08. The van der Waals surface area contributed by atoms with Gasteiger partial charge in [0.1, 0.15) is 5.82 Å². The number of aliphatic hydroxyl groups excluding tert-OH is 1. The summed E-state index contributed by atoms with van der Waals surface area (Å²) in [4.78, 5) is 12.5. The van der Waals surface area contributed by atoms with Crippen LogP contribution in [0.4, 0.5) is 5.82 Å². The number of hydrogen-bond donors (Lipinski definition) is 2. The Bertz CT molecular complexity index is 866. The number of para-hydroxylation sites is 1. The highest BCUT2D eigenvalue weighted by Crippen LogP contribution is 2.26. The predicted octanol–water partition coefficient (Wildman–Crippen LogP) is 3.19. The molecular formula is C20H25ClN4O. The first-order chi connectivity index (χ1) is 12.3. The van der Waals surface area contributed by atoms with Crippen LogP contribution in [0.5, 0.6) is 0 Å². The van der Waals surface area contributed by atoms with Gasteiger partial charge in [0.05, 0.1) is 12.6 Å². The number of benzene rings is 1. The molecule has 0 bridgehead atoms. The molecule has 5 nitrogen and oxygen atoms in total. The lowest BCUT2D eigenvalue weighted by Crippen LogP contribution is -2.41. The molecule has 26 heavy (non-hydrogen) atoms. The fourth-order valence-electron chi connectivity index (χ4n) is 3.74. The molecule has 4 rings (SSSR count). The lowest BCUT2D eigenvalue weighted by Gasteiger charge is -2.35. The van der Waals surface area contributed by atoms with Gasteiger partial charge < -0.3 is 15.0 Å². The Balaban J connectivity index is 0.00000196. The van der Waals surface area contributed by atoms with Gasteiger partial charge in [0, 0.05) is 55.5 Å². The molecule has 6 heteroatoms. The van der Waals surface area contributed by atoms with Gasteiger partial charge in [0.15, 0.2) is 0 Å². The molecule has 0 saturated carbocycles. The van der Waals surface area contributed by atoms with Gasteiger partial charge >= 0.3 is 0 Å². The molecular weight excluding hydrogens is 348 g/mol. The molecule has 1 atom stereocenters. The van der Waals surface area contributed by atoms with Crippen molar-refractivity contribution in [3.63, 3.8) is 0 Å². The van der Waals surface area contributed by atoms with E-state index in [0.29, 0.717) is 0 Å². The summed E-state index contributed by atoms with van der Waals surface area (Å²) in [7, 11) is 2.03. The van der Waals surface area contributed by atoms with E-state index in [0.717, 1.165) is 31.9 Å². The molecule has 0 unspecified atom stereocenters. The molecule has 1 aliphatic rings. The van der Waals surface area contributed by atoms with E-state index in [1.54, 1.807) is 0 Å². The van der Waals surface area contributed by atoms with Crippen molar-refractivity contribution in [2.75, 3.05) is 25.1 Å². The van der Waals surface area contributed by atoms with Crippen LogP contribution >= 0.6 is 12.4 Å². The molecule has 0 fully saturated rings. The second-order valence-corrected chi connectivity index (χ2v) is 6.79. The first kappa shape index (κ1) is 18.7. The fourth-order valence-corrected chi connectivity index (χ4v) is 3.74. The number of nitrogens with zero attached hydrogens (tertiary/aromatic N) is 3. The van der Waals surface area contributed by atoms with E-state index in [9.17, 15) is 5.11 Å². The number of halogens is 1. The first-order valence-corrected chi connectivity index (χ1v) is 8.81. The van der Waals surface area contributed by atoms with Gasteiger partial charge in [0.25, 0.3) is 0 Å². The average molecular weight is 373 g/mol. The smallest absolute Gasteiger partial charge is 0.133 e. The van der Waals surface area contributed by atoms with Crippen molar-refractivity contribution in [3.05, 3.63) is 59.9 Å². The van der Waals surface area contributed by atoms with Crippen LogP contribution in [0.25, 0.3) is 10.9 Å². The molecule has 1 aromatic carbocycles. The number of nitrogens with one attached hydrogen (secondary N) is 1. The molecule has 2 N–H and O–H groups in total. The largest absolute Gasteiger partial charge is 0.394 e. The number of likely N-dealkylation sites (N-methyl/N-ethyl adjacent to an activating group) is 1. The molecule has 3 aromatic rings. The molecule has 2 aromatic heterocycles.